The molecule has 3 nitrogen and oxygen atoms in total. The minimum atomic E-state index is 0.334. The van der Waals surface area contributed by atoms with Crippen LogP contribution in [-0.4, -0.2) is 18.6 Å². The van der Waals surface area contributed by atoms with Crippen molar-refractivity contribution < 1.29 is 4.74 Å². The molecule has 0 radical (unpaired) electrons. The van der Waals surface area contributed by atoms with E-state index < -0.39 is 0 Å². The Hall–Kier alpha value is -1.39. The van der Waals surface area contributed by atoms with Crippen LogP contribution in [0.2, 0.25) is 0 Å². The zero-order valence-corrected chi connectivity index (χ0v) is 13.4. The average Bonchev–Trinajstić information content (AvgIpc) is 2.86. The molecule has 0 amide bonds. The van der Waals surface area contributed by atoms with Gasteiger partial charge in [-0.2, -0.15) is 0 Å². The Kier molecular flexibility index (Phi) is 5.15. The monoisotopic (exact) mass is 290 g/mol. The zero-order valence-electron chi connectivity index (χ0n) is 12.6. The lowest BCUT2D eigenvalue weighted by Gasteiger charge is -2.07. The van der Waals surface area contributed by atoms with E-state index >= 15 is 0 Å². The molecule has 1 N–H and O–H groups in total. The van der Waals surface area contributed by atoms with Crippen LogP contribution >= 0.6 is 11.3 Å². The van der Waals surface area contributed by atoms with E-state index in [1.165, 1.54) is 4.88 Å². The summed E-state index contributed by atoms with van der Waals surface area (Å²) in [4.78, 5) is 5.99. The minimum Gasteiger partial charge on any atom is -0.494 e. The summed E-state index contributed by atoms with van der Waals surface area (Å²) in [5.41, 5.74) is 2.23. The largest absolute Gasteiger partial charge is 0.494 e. The topological polar surface area (TPSA) is 34.1 Å². The van der Waals surface area contributed by atoms with Gasteiger partial charge >= 0.3 is 0 Å². The van der Waals surface area contributed by atoms with E-state index in [0.29, 0.717) is 6.04 Å². The number of hydrogen-bond acceptors (Lipinski definition) is 4. The van der Waals surface area contributed by atoms with Crippen molar-refractivity contribution in [2.24, 2.45) is 0 Å². The first kappa shape index (κ1) is 15.0. The van der Waals surface area contributed by atoms with Gasteiger partial charge in [-0.15, -0.1) is 11.3 Å². The second-order valence-corrected chi connectivity index (χ2v) is 5.89. The van der Waals surface area contributed by atoms with E-state index in [4.69, 9.17) is 9.72 Å². The molecule has 4 heteroatoms. The van der Waals surface area contributed by atoms with Crippen LogP contribution in [0.3, 0.4) is 0 Å². The molecule has 1 atom stereocenters. The van der Waals surface area contributed by atoms with Crippen molar-refractivity contribution in [3.63, 3.8) is 0 Å². The van der Waals surface area contributed by atoms with Gasteiger partial charge < -0.3 is 10.1 Å². The quantitative estimate of drug-likeness (QED) is 0.866. The van der Waals surface area contributed by atoms with Crippen molar-refractivity contribution in [1.82, 2.24) is 10.3 Å². The fourth-order valence-corrected chi connectivity index (χ4v) is 3.13. The van der Waals surface area contributed by atoms with Crippen molar-refractivity contribution in [3.8, 4) is 16.3 Å². The molecule has 1 heterocycles. The maximum atomic E-state index is 5.69. The molecule has 0 saturated heterocycles. The molecule has 1 unspecified atom stereocenters. The van der Waals surface area contributed by atoms with Crippen molar-refractivity contribution in [1.29, 1.82) is 0 Å². The van der Waals surface area contributed by atoms with Crippen LogP contribution in [-0.2, 0) is 0 Å². The zero-order chi connectivity index (χ0) is 14.5. The Balaban J connectivity index is 2.27. The van der Waals surface area contributed by atoms with Gasteiger partial charge in [-0.3, -0.25) is 0 Å². The van der Waals surface area contributed by atoms with Gasteiger partial charge in [0, 0.05) is 16.5 Å². The van der Waals surface area contributed by atoms with E-state index in [-0.39, 0.29) is 0 Å². The highest BCUT2D eigenvalue weighted by Crippen LogP contribution is 2.32. The smallest absolute Gasteiger partial charge is 0.124 e. The molecule has 0 aliphatic carbocycles. The maximum Gasteiger partial charge on any atom is 0.124 e. The molecule has 2 aromatic rings. The molecule has 0 spiro atoms. The first-order chi connectivity index (χ1) is 9.65. The maximum absolute atomic E-state index is 5.69. The third-order valence-corrected chi connectivity index (χ3v) is 4.60. The van der Waals surface area contributed by atoms with Crippen molar-refractivity contribution in [3.05, 3.63) is 34.8 Å². The molecule has 0 fully saturated rings. The van der Waals surface area contributed by atoms with Crippen LogP contribution in [0.1, 0.15) is 36.9 Å². The summed E-state index contributed by atoms with van der Waals surface area (Å²) in [5.74, 6) is 0.917. The predicted octanol–water partition coefficient (Wildman–Crippen LogP) is 4.19. The second kappa shape index (κ2) is 6.86. The van der Waals surface area contributed by atoms with Gasteiger partial charge in [0.2, 0.25) is 0 Å². The summed E-state index contributed by atoms with van der Waals surface area (Å²) in [7, 11) is 1.97. The third-order valence-electron chi connectivity index (χ3n) is 3.21. The van der Waals surface area contributed by atoms with Gasteiger partial charge in [0.15, 0.2) is 0 Å². The SMILES string of the molecule is CCCOc1cccc(-c2nc(C)c(C(C)NC)s2)c1. The first-order valence-corrected chi connectivity index (χ1v) is 7.85. The number of aryl methyl sites for hydroxylation is 1. The summed E-state index contributed by atoms with van der Waals surface area (Å²) in [6.07, 6.45) is 1.02. The van der Waals surface area contributed by atoms with E-state index in [9.17, 15) is 0 Å². The van der Waals surface area contributed by atoms with Crippen LogP contribution in [0.25, 0.3) is 10.6 Å². The highest BCUT2D eigenvalue weighted by molar-refractivity contribution is 7.15. The van der Waals surface area contributed by atoms with Gasteiger partial charge in [0.05, 0.1) is 12.3 Å². The number of nitrogens with one attached hydrogen (secondary N) is 1. The Morgan fingerprint density at radius 3 is 2.90 bits per heavy atom. The average molecular weight is 290 g/mol. The van der Waals surface area contributed by atoms with Crippen LogP contribution in [0.15, 0.2) is 24.3 Å². The third kappa shape index (κ3) is 3.38. The summed E-state index contributed by atoms with van der Waals surface area (Å²) < 4.78 is 5.69. The van der Waals surface area contributed by atoms with Crippen molar-refractivity contribution in [2.45, 2.75) is 33.2 Å². The molecule has 0 bridgehead atoms. The Bertz CT molecular complexity index is 565. The van der Waals surface area contributed by atoms with Gasteiger partial charge in [-0.25, -0.2) is 4.98 Å². The van der Waals surface area contributed by atoms with Crippen LogP contribution in [0.4, 0.5) is 0 Å². The molecule has 0 saturated carbocycles. The fraction of sp³-hybridized carbons (Fsp3) is 0.438. The highest BCUT2D eigenvalue weighted by atomic mass is 32.1. The Labute approximate surface area is 125 Å². The lowest BCUT2D eigenvalue weighted by molar-refractivity contribution is 0.317. The number of thiazole rings is 1. The highest BCUT2D eigenvalue weighted by Gasteiger charge is 2.14. The van der Waals surface area contributed by atoms with Crippen molar-refractivity contribution in [2.75, 3.05) is 13.7 Å². The Morgan fingerprint density at radius 1 is 1.40 bits per heavy atom. The summed E-state index contributed by atoms with van der Waals surface area (Å²) in [6.45, 7) is 7.09. The predicted molar refractivity (Wildman–Crippen MR) is 85.5 cm³/mol. The number of aromatic nitrogens is 1. The van der Waals surface area contributed by atoms with Gasteiger partial charge in [0.1, 0.15) is 10.8 Å². The summed E-state index contributed by atoms with van der Waals surface area (Å²) in [5, 5.41) is 4.33. The molecule has 2 rings (SSSR count). The molecule has 108 valence electrons. The number of rotatable bonds is 6. The van der Waals surface area contributed by atoms with E-state index in [1.807, 2.05) is 19.2 Å². The van der Waals surface area contributed by atoms with Crippen LogP contribution in [0.5, 0.6) is 5.75 Å². The fourth-order valence-electron chi connectivity index (χ4n) is 2.00. The molecule has 1 aromatic heterocycles. The number of nitrogens with zero attached hydrogens (tertiary/aromatic N) is 1. The van der Waals surface area contributed by atoms with Crippen LogP contribution < -0.4 is 10.1 Å². The molecule has 0 aliphatic heterocycles. The normalized spacial score (nSPS) is 12.4. The Morgan fingerprint density at radius 2 is 2.20 bits per heavy atom. The van der Waals surface area contributed by atoms with Gasteiger partial charge in [-0.1, -0.05) is 19.1 Å². The van der Waals surface area contributed by atoms with E-state index in [2.05, 4.69) is 38.2 Å². The van der Waals surface area contributed by atoms with Crippen LogP contribution in [0, 0.1) is 6.92 Å². The van der Waals surface area contributed by atoms with E-state index in [1.54, 1.807) is 11.3 Å². The lowest BCUT2D eigenvalue weighted by atomic mass is 10.2. The molecular weight excluding hydrogens is 268 g/mol. The minimum absolute atomic E-state index is 0.334. The molecular formula is C16H22N2OS. The van der Waals surface area contributed by atoms with E-state index in [0.717, 1.165) is 35.0 Å². The number of ether oxygens (including phenoxy) is 1. The standard InChI is InChI=1S/C16H22N2OS/c1-5-9-19-14-8-6-7-13(10-14)16-18-12(3)15(20-16)11(2)17-4/h6-8,10-11,17H,5,9H2,1-4H3. The molecule has 1 aromatic carbocycles. The van der Waals surface area contributed by atoms with Gasteiger partial charge in [-0.05, 0) is 39.4 Å². The van der Waals surface area contributed by atoms with Crippen molar-refractivity contribution >= 4 is 11.3 Å². The lowest BCUT2D eigenvalue weighted by Crippen LogP contribution is -2.11. The summed E-state index contributed by atoms with van der Waals surface area (Å²) in [6, 6.07) is 8.52. The molecule has 20 heavy (non-hydrogen) atoms. The van der Waals surface area contributed by atoms with Gasteiger partial charge in [0.25, 0.3) is 0 Å². The second-order valence-electron chi connectivity index (χ2n) is 4.86. The summed E-state index contributed by atoms with van der Waals surface area (Å²) >= 11 is 1.75. The first-order valence-electron chi connectivity index (χ1n) is 7.03. The number of benzene rings is 1. The molecule has 0 aliphatic rings. The number of hydrogen-bond donors (Lipinski definition) is 1.